The van der Waals surface area contributed by atoms with Gasteiger partial charge in [-0.2, -0.15) is 0 Å². The van der Waals surface area contributed by atoms with Gasteiger partial charge in [0.2, 0.25) is 0 Å². The Labute approximate surface area is 105 Å². The lowest BCUT2D eigenvalue weighted by Crippen LogP contribution is -2.20. The molecule has 2 N–H and O–H groups in total. The van der Waals surface area contributed by atoms with Crippen LogP contribution >= 0.6 is 0 Å². The van der Waals surface area contributed by atoms with E-state index in [9.17, 15) is 0 Å². The predicted octanol–water partition coefficient (Wildman–Crippen LogP) is 3.93. The molecule has 1 heteroatoms. The van der Waals surface area contributed by atoms with Gasteiger partial charge >= 0.3 is 0 Å². The van der Waals surface area contributed by atoms with Crippen LogP contribution in [0, 0.1) is 17.8 Å². The van der Waals surface area contributed by atoms with E-state index in [1.54, 1.807) is 0 Å². The van der Waals surface area contributed by atoms with E-state index in [4.69, 9.17) is 5.73 Å². The van der Waals surface area contributed by atoms with Gasteiger partial charge in [0.05, 0.1) is 0 Å². The summed E-state index contributed by atoms with van der Waals surface area (Å²) >= 11 is 0. The molecule has 1 saturated carbocycles. The maximum atomic E-state index is 6.33. The highest BCUT2D eigenvalue weighted by Crippen LogP contribution is 2.41. The molecule has 0 spiro atoms. The molecule has 0 amide bonds. The number of hydrogen-bond donors (Lipinski definition) is 1. The van der Waals surface area contributed by atoms with Crippen LogP contribution in [0.5, 0.6) is 0 Å². The van der Waals surface area contributed by atoms with E-state index < -0.39 is 0 Å². The lowest BCUT2D eigenvalue weighted by molar-refractivity contribution is 0.417. The zero-order chi connectivity index (χ0) is 12.4. The molecule has 1 aliphatic carbocycles. The van der Waals surface area contributed by atoms with Gasteiger partial charge in [0.1, 0.15) is 0 Å². The summed E-state index contributed by atoms with van der Waals surface area (Å²) < 4.78 is 0. The lowest BCUT2D eigenvalue weighted by atomic mass is 9.90. The highest BCUT2D eigenvalue weighted by atomic mass is 14.7. The van der Waals surface area contributed by atoms with Gasteiger partial charge in [0, 0.05) is 6.04 Å². The SMILES string of the molecule is CC(C)Cc1ccc(C(N)C(C)C2CC2)cc1. The van der Waals surface area contributed by atoms with E-state index in [-0.39, 0.29) is 6.04 Å². The number of hydrogen-bond acceptors (Lipinski definition) is 1. The molecule has 2 unspecified atom stereocenters. The average molecular weight is 231 g/mol. The minimum Gasteiger partial charge on any atom is -0.324 e. The maximum Gasteiger partial charge on any atom is 0.0323 e. The van der Waals surface area contributed by atoms with Crippen molar-refractivity contribution >= 4 is 0 Å². The maximum absolute atomic E-state index is 6.33. The van der Waals surface area contributed by atoms with Crippen molar-refractivity contribution in [1.82, 2.24) is 0 Å². The first-order chi connectivity index (χ1) is 8.08. The van der Waals surface area contributed by atoms with Crippen molar-refractivity contribution in [2.45, 2.75) is 46.1 Å². The summed E-state index contributed by atoms with van der Waals surface area (Å²) in [6.07, 6.45) is 3.91. The third kappa shape index (κ3) is 3.32. The van der Waals surface area contributed by atoms with Gasteiger partial charge in [-0.25, -0.2) is 0 Å². The second kappa shape index (κ2) is 5.22. The van der Waals surface area contributed by atoms with E-state index in [1.807, 2.05) is 0 Å². The summed E-state index contributed by atoms with van der Waals surface area (Å²) in [4.78, 5) is 0. The molecule has 1 aromatic rings. The Bertz CT molecular complexity index is 348. The smallest absolute Gasteiger partial charge is 0.0323 e. The predicted molar refractivity (Wildman–Crippen MR) is 73.8 cm³/mol. The quantitative estimate of drug-likeness (QED) is 0.816. The van der Waals surface area contributed by atoms with Crippen LogP contribution in [-0.2, 0) is 6.42 Å². The van der Waals surface area contributed by atoms with Crippen molar-refractivity contribution in [3.05, 3.63) is 35.4 Å². The van der Waals surface area contributed by atoms with E-state index in [1.165, 1.54) is 24.0 Å². The van der Waals surface area contributed by atoms with Gasteiger partial charge in [-0.3, -0.25) is 0 Å². The second-order valence-electron chi connectivity index (χ2n) is 6.06. The van der Waals surface area contributed by atoms with E-state index in [0.717, 1.165) is 18.3 Å². The fourth-order valence-corrected chi connectivity index (χ4v) is 2.57. The van der Waals surface area contributed by atoms with Crippen molar-refractivity contribution < 1.29 is 0 Å². The molecular weight excluding hydrogens is 206 g/mol. The van der Waals surface area contributed by atoms with Gasteiger partial charge in [0.15, 0.2) is 0 Å². The van der Waals surface area contributed by atoms with E-state index in [0.29, 0.717) is 5.92 Å². The Morgan fingerprint density at radius 3 is 2.18 bits per heavy atom. The summed E-state index contributed by atoms with van der Waals surface area (Å²) in [5.74, 6) is 2.23. The summed E-state index contributed by atoms with van der Waals surface area (Å²) in [7, 11) is 0. The Morgan fingerprint density at radius 2 is 1.71 bits per heavy atom. The minimum atomic E-state index is 0.218. The molecule has 17 heavy (non-hydrogen) atoms. The first kappa shape index (κ1) is 12.6. The molecule has 1 aromatic carbocycles. The molecule has 1 fully saturated rings. The van der Waals surface area contributed by atoms with Crippen molar-refractivity contribution in [1.29, 1.82) is 0 Å². The highest BCUT2D eigenvalue weighted by molar-refractivity contribution is 5.25. The Kier molecular flexibility index (Phi) is 3.88. The average Bonchev–Trinajstić information content (AvgIpc) is 3.11. The van der Waals surface area contributed by atoms with E-state index in [2.05, 4.69) is 45.0 Å². The van der Waals surface area contributed by atoms with Crippen LogP contribution in [0.25, 0.3) is 0 Å². The molecule has 0 bridgehead atoms. The molecule has 2 rings (SSSR count). The van der Waals surface area contributed by atoms with Crippen LogP contribution in [0.2, 0.25) is 0 Å². The summed E-state index contributed by atoms with van der Waals surface area (Å²) in [6, 6.07) is 9.15. The third-order valence-electron chi connectivity index (χ3n) is 3.94. The fourth-order valence-electron chi connectivity index (χ4n) is 2.57. The molecule has 1 aliphatic rings. The van der Waals surface area contributed by atoms with Crippen LogP contribution in [0.3, 0.4) is 0 Å². The normalized spacial score (nSPS) is 19.4. The molecule has 0 aliphatic heterocycles. The van der Waals surface area contributed by atoms with Crippen LogP contribution in [0.4, 0.5) is 0 Å². The third-order valence-corrected chi connectivity index (χ3v) is 3.94. The molecule has 2 atom stereocenters. The monoisotopic (exact) mass is 231 g/mol. The van der Waals surface area contributed by atoms with Crippen molar-refractivity contribution in [2.24, 2.45) is 23.5 Å². The zero-order valence-electron chi connectivity index (χ0n) is 11.3. The summed E-state index contributed by atoms with van der Waals surface area (Å²) in [5, 5.41) is 0. The second-order valence-corrected chi connectivity index (χ2v) is 6.06. The van der Waals surface area contributed by atoms with Crippen molar-refractivity contribution in [3.8, 4) is 0 Å². The molecule has 0 heterocycles. The van der Waals surface area contributed by atoms with Crippen LogP contribution in [-0.4, -0.2) is 0 Å². The molecule has 94 valence electrons. The van der Waals surface area contributed by atoms with E-state index >= 15 is 0 Å². The summed E-state index contributed by atoms with van der Waals surface area (Å²) in [5.41, 5.74) is 9.06. The van der Waals surface area contributed by atoms with Crippen LogP contribution < -0.4 is 5.73 Å². The number of benzene rings is 1. The van der Waals surface area contributed by atoms with Gasteiger partial charge in [-0.05, 0) is 48.1 Å². The highest BCUT2D eigenvalue weighted by Gasteiger charge is 2.32. The first-order valence-corrected chi connectivity index (χ1v) is 6.92. The molecular formula is C16H25N. The Morgan fingerprint density at radius 1 is 1.12 bits per heavy atom. The molecule has 0 aromatic heterocycles. The van der Waals surface area contributed by atoms with Crippen LogP contribution in [0.15, 0.2) is 24.3 Å². The standard InChI is InChI=1S/C16H25N/c1-11(2)10-13-4-6-15(7-5-13)16(17)12(3)14-8-9-14/h4-7,11-12,14,16H,8-10,17H2,1-3H3. The molecule has 0 radical (unpaired) electrons. The molecule has 1 nitrogen and oxygen atoms in total. The topological polar surface area (TPSA) is 26.0 Å². The first-order valence-electron chi connectivity index (χ1n) is 6.92. The number of rotatable bonds is 5. The largest absolute Gasteiger partial charge is 0.324 e. The summed E-state index contributed by atoms with van der Waals surface area (Å²) in [6.45, 7) is 6.81. The van der Waals surface area contributed by atoms with Gasteiger partial charge in [-0.15, -0.1) is 0 Å². The van der Waals surface area contributed by atoms with Gasteiger partial charge < -0.3 is 5.73 Å². The van der Waals surface area contributed by atoms with Crippen molar-refractivity contribution in [3.63, 3.8) is 0 Å². The van der Waals surface area contributed by atoms with Gasteiger partial charge in [-0.1, -0.05) is 45.0 Å². The van der Waals surface area contributed by atoms with Gasteiger partial charge in [0.25, 0.3) is 0 Å². The van der Waals surface area contributed by atoms with Crippen molar-refractivity contribution in [2.75, 3.05) is 0 Å². The lowest BCUT2D eigenvalue weighted by Gasteiger charge is -2.20. The fraction of sp³-hybridized carbons (Fsp3) is 0.625. The van der Waals surface area contributed by atoms with Crippen LogP contribution in [0.1, 0.15) is 50.8 Å². The molecule has 0 saturated heterocycles. The number of nitrogens with two attached hydrogens (primary N) is 1. The minimum absolute atomic E-state index is 0.218. The Balaban J connectivity index is 2.01. The Hall–Kier alpha value is -0.820. The zero-order valence-corrected chi connectivity index (χ0v) is 11.3.